The summed E-state index contributed by atoms with van der Waals surface area (Å²) in [6.07, 6.45) is 0.226. The van der Waals surface area contributed by atoms with Gasteiger partial charge in [0.15, 0.2) is 0 Å². The summed E-state index contributed by atoms with van der Waals surface area (Å²) in [6, 6.07) is 10.8. The zero-order valence-corrected chi connectivity index (χ0v) is 24.2. The molecule has 0 bridgehead atoms. The second-order valence-corrected chi connectivity index (χ2v) is 10.3. The maximum absolute atomic E-state index is 14.1. The van der Waals surface area contributed by atoms with Crippen LogP contribution in [0.5, 0.6) is 0 Å². The van der Waals surface area contributed by atoms with E-state index in [2.05, 4.69) is 42.7 Å². The second-order valence-electron chi connectivity index (χ2n) is 10.3. The number of piperazine rings is 1. The molecule has 0 radical (unpaired) electrons. The number of anilines is 4. The van der Waals surface area contributed by atoms with Crippen LogP contribution in [0.2, 0.25) is 0 Å². The smallest absolute Gasteiger partial charge is 0.373 e. The first-order valence-corrected chi connectivity index (χ1v) is 14.0. The Morgan fingerprint density at radius 1 is 0.977 bits per heavy atom. The Labute approximate surface area is 248 Å². The molecule has 0 spiro atoms. The zero-order chi connectivity index (χ0) is 30.6. The van der Waals surface area contributed by atoms with Crippen LogP contribution in [0.3, 0.4) is 0 Å². The summed E-state index contributed by atoms with van der Waals surface area (Å²) < 4.78 is 44.0. The van der Waals surface area contributed by atoms with Crippen LogP contribution < -0.4 is 16.0 Å². The Morgan fingerprint density at radius 3 is 2.47 bits per heavy atom. The number of halogens is 3. The lowest BCUT2D eigenvalue weighted by atomic mass is 10.0. The number of rotatable bonds is 9. The maximum atomic E-state index is 14.1. The third-order valence-electron chi connectivity index (χ3n) is 7.52. The molecule has 4 aromatic rings. The number of nitrogens with one attached hydrogen (secondary N) is 3. The summed E-state index contributed by atoms with van der Waals surface area (Å²) >= 11 is 0. The number of hydrogen-bond donors (Lipinski definition) is 3. The zero-order valence-electron chi connectivity index (χ0n) is 24.2. The molecule has 13 heteroatoms. The molecule has 0 aliphatic carbocycles. The van der Waals surface area contributed by atoms with Gasteiger partial charge in [0.25, 0.3) is 5.91 Å². The van der Waals surface area contributed by atoms with Gasteiger partial charge in [0, 0.05) is 75.2 Å². The van der Waals surface area contributed by atoms with Gasteiger partial charge in [-0.25, -0.2) is 15.0 Å². The second kappa shape index (κ2) is 12.8. The Balaban J connectivity index is 1.32. The molecular formula is C30H34F3N9O. The predicted molar refractivity (Wildman–Crippen MR) is 160 cm³/mol. The number of carbonyl (C=O) groups excluding carboxylic acids is 1. The SMILES string of the molecule is CCN1CCN(Cc2ccc(C(=O)Nc3ccc(C)c(Nc4nccn4-c4cc(NC)ncn4)c3)cc2C(F)(F)F)CC1. The lowest BCUT2D eigenvalue weighted by molar-refractivity contribution is -0.138. The monoisotopic (exact) mass is 593 g/mol. The van der Waals surface area contributed by atoms with Crippen molar-refractivity contribution in [1.29, 1.82) is 0 Å². The van der Waals surface area contributed by atoms with Crippen LogP contribution in [-0.4, -0.2) is 75.0 Å². The highest BCUT2D eigenvalue weighted by atomic mass is 19.4. The van der Waals surface area contributed by atoms with Crippen molar-refractivity contribution in [2.75, 3.05) is 55.7 Å². The molecule has 5 rings (SSSR count). The highest BCUT2D eigenvalue weighted by Gasteiger charge is 2.34. The molecular weight excluding hydrogens is 559 g/mol. The van der Waals surface area contributed by atoms with E-state index in [1.165, 1.54) is 18.5 Å². The summed E-state index contributed by atoms with van der Waals surface area (Å²) in [5.74, 6) is 1.08. The number of aryl methyl sites for hydroxylation is 1. The van der Waals surface area contributed by atoms with Crippen molar-refractivity contribution in [2.45, 2.75) is 26.6 Å². The molecule has 0 atom stereocenters. The maximum Gasteiger partial charge on any atom is 0.416 e. The fourth-order valence-electron chi connectivity index (χ4n) is 4.98. The van der Waals surface area contributed by atoms with Crippen LogP contribution >= 0.6 is 0 Å². The van der Waals surface area contributed by atoms with E-state index in [1.807, 2.05) is 11.8 Å². The minimum atomic E-state index is -4.59. The topological polar surface area (TPSA) is 103 Å². The summed E-state index contributed by atoms with van der Waals surface area (Å²) in [5.41, 5.74) is 1.25. The highest BCUT2D eigenvalue weighted by molar-refractivity contribution is 6.04. The third kappa shape index (κ3) is 7.12. The summed E-state index contributed by atoms with van der Waals surface area (Å²) in [6.45, 7) is 8.13. The molecule has 1 saturated heterocycles. The van der Waals surface area contributed by atoms with Gasteiger partial charge in [0.2, 0.25) is 5.95 Å². The van der Waals surface area contributed by atoms with E-state index in [4.69, 9.17) is 0 Å². The van der Waals surface area contributed by atoms with Crippen molar-refractivity contribution >= 4 is 29.0 Å². The standard InChI is InChI=1S/C30H34F3N9O/c1-4-40-11-13-41(14-12-40)18-22-7-6-21(15-24(22)30(31,32)33)28(43)38-23-8-5-20(2)25(16-23)39-29-35-9-10-42(29)27-17-26(34-3)36-19-37-27/h5-10,15-17,19H,4,11-14,18H2,1-3H3,(H,35,39)(H,38,43)(H,34,36,37). The van der Waals surface area contributed by atoms with Gasteiger partial charge in [-0.15, -0.1) is 0 Å². The van der Waals surface area contributed by atoms with Crippen molar-refractivity contribution in [2.24, 2.45) is 0 Å². The van der Waals surface area contributed by atoms with E-state index >= 15 is 0 Å². The molecule has 2 aromatic heterocycles. The van der Waals surface area contributed by atoms with Crippen LogP contribution in [0.1, 0.15) is 34.0 Å². The molecule has 1 aliphatic heterocycles. The molecule has 3 heterocycles. The number of hydrogen-bond acceptors (Lipinski definition) is 8. The number of benzene rings is 2. The lowest BCUT2D eigenvalue weighted by Crippen LogP contribution is -2.45. The first-order chi connectivity index (χ1) is 20.6. The van der Waals surface area contributed by atoms with Gasteiger partial charge < -0.3 is 20.9 Å². The number of alkyl halides is 3. The Bertz CT molecular complexity index is 1580. The molecule has 2 aromatic carbocycles. The van der Waals surface area contributed by atoms with Crippen LogP contribution in [0.4, 0.5) is 36.3 Å². The quantitative estimate of drug-likeness (QED) is 0.245. The number of aromatic nitrogens is 4. The number of imidazole rings is 1. The van der Waals surface area contributed by atoms with Gasteiger partial charge in [-0.2, -0.15) is 13.2 Å². The largest absolute Gasteiger partial charge is 0.416 e. The van der Waals surface area contributed by atoms with Crippen LogP contribution in [-0.2, 0) is 12.7 Å². The molecule has 0 saturated carbocycles. The summed E-state index contributed by atoms with van der Waals surface area (Å²) in [4.78, 5) is 30.2. The third-order valence-corrected chi connectivity index (χ3v) is 7.52. The van der Waals surface area contributed by atoms with Crippen molar-refractivity contribution in [3.63, 3.8) is 0 Å². The Morgan fingerprint density at radius 2 is 1.74 bits per heavy atom. The van der Waals surface area contributed by atoms with Crippen molar-refractivity contribution in [3.8, 4) is 5.82 Å². The Hall–Kier alpha value is -4.49. The molecule has 1 fully saturated rings. The van der Waals surface area contributed by atoms with Gasteiger partial charge in [-0.3, -0.25) is 14.3 Å². The number of carbonyl (C=O) groups is 1. The van der Waals surface area contributed by atoms with Crippen molar-refractivity contribution in [3.05, 3.63) is 83.4 Å². The fourth-order valence-corrected chi connectivity index (χ4v) is 4.98. The van der Waals surface area contributed by atoms with E-state index < -0.39 is 17.6 Å². The molecule has 3 N–H and O–H groups in total. The average Bonchev–Trinajstić information content (AvgIpc) is 3.47. The first-order valence-electron chi connectivity index (χ1n) is 14.0. The molecule has 0 unspecified atom stereocenters. The first kappa shape index (κ1) is 30.0. The fraction of sp³-hybridized carbons (Fsp3) is 0.333. The van der Waals surface area contributed by atoms with E-state index in [1.54, 1.807) is 48.3 Å². The number of likely N-dealkylation sites (N-methyl/N-ethyl adjacent to an activating group) is 1. The number of amides is 1. The van der Waals surface area contributed by atoms with Crippen molar-refractivity contribution < 1.29 is 18.0 Å². The summed E-state index contributed by atoms with van der Waals surface area (Å²) in [7, 11) is 1.76. The highest BCUT2D eigenvalue weighted by Crippen LogP contribution is 2.34. The number of nitrogens with zero attached hydrogens (tertiary/aromatic N) is 6. The van der Waals surface area contributed by atoms with Gasteiger partial charge in [0.05, 0.1) is 5.56 Å². The van der Waals surface area contributed by atoms with E-state index in [9.17, 15) is 18.0 Å². The van der Waals surface area contributed by atoms with Gasteiger partial charge in [-0.05, 0) is 48.9 Å². The molecule has 226 valence electrons. The lowest BCUT2D eigenvalue weighted by Gasteiger charge is -2.34. The Kier molecular flexibility index (Phi) is 8.92. The molecule has 1 aliphatic rings. The molecule has 1 amide bonds. The van der Waals surface area contributed by atoms with Gasteiger partial charge in [-0.1, -0.05) is 19.1 Å². The van der Waals surface area contributed by atoms with Crippen LogP contribution in [0, 0.1) is 6.92 Å². The van der Waals surface area contributed by atoms with E-state index in [-0.39, 0.29) is 17.7 Å². The van der Waals surface area contributed by atoms with Gasteiger partial charge >= 0.3 is 6.18 Å². The van der Waals surface area contributed by atoms with E-state index in [0.717, 1.165) is 31.3 Å². The van der Waals surface area contributed by atoms with E-state index in [0.29, 0.717) is 42.0 Å². The predicted octanol–water partition coefficient (Wildman–Crippen LogP) is 5.16. The van der Waals surface area contributed by atoms with Crippen LogP contribution in [0.25, 0.3) is 5.82 Å². The summed E-state index contributed by atoms with van der Waals surface area (Å²) in [5, 5.41) is 8.97. The van der Waals surface area contributed by atoms with Gasteiger partial charge in [0.1, 0.15) is 18.0 Å². The normalized spacial score (nSPS) is 14.5. The molecule has 43 heavy (non-hydrogen) atoms. The molecule has 10 nitrogen and oxygen atoms in total. The van der Waals surface area contributed by atoms with Crippen LogP contribution in [0.15, 0.2) is 61.2 Å². The average molecular weight is 594 g/mol. The minimum Gasteiger partial charge on any atom is -0.373 e. The van der Waals surface area contributed by atoms with Crippen molar-refractivity contribution in [1.82, 2.24) is 29.3 Å². The minimum absolute atomic E-state index is 0.0680.